The number of hydrogen-bond donors (Lipinski definition) is 0. The Morgan fingerprint density at radius 2 is 2.10 bits per heavy atom. The summed E-state index contributed by atoms with van der Waals surface area (Å²) in [7, 11) is 1.57. The molecule has 1 aliphatic rings. The molecule has 3 nitrogen and oxygen atoms in total. The van der Waals surface area contributed by atoms with E-state index >= 15 is 0 Å². The number of likely N-dealkylation sites (tertiary alicyclic amines) is 1. The average Bonchev–Trinajstić information content (AvgIpc) is 2.87. The Morgan fingerprint density at radius 3 is 2.70 bits per heavy atom. The molecule has 110 valence electrons. The van der Waals surface area contributed by atoms with Gasteiger partial charge in [0.2, 0.25) is 5.91 Å². The Balaban J connectivity index is 2.09. The molecule has 1 unspecified atom stereocenters. The molecule has 0 saturated carbocycles. The van der Waals surface area contributed by atoms with E-state index in [0.717, 1.165) is 12.5 Å². The highest BCUT2D eigenvalue weighted by Gasteiger charge is 2.34. The molecule has 1 fully saturated rings. The predicted molar refractivity (Wildman–Crippen MR) is 67.1 cm³/mol. The quantitative estimate of drug-likeness (QED) is 0.855. The third kappa shape index (κ3) is 3.30. The van der Waals surface area contributed by atoms with Crippen molar-refractivity contribution in [1.29, 1.82) is 0 Å². The highest BCUT2D eigenvalue weighted by molar-refractivity contribution is 5.79. The molecule has 1 aliphatic heterocycles. The first-order valence-electron chi connectivity index (χ1n) is 6.37. The van der Waals surface area contributed by atoms with Gasteiger partial charge in [0.15, 0.2) is 0 Å². The topological polar surface area (TPSA) is 29.5 Å². The maximum atomic E-state index is 12.8. The van der Waals surface area contributed by atoms with E-state index < -0.39 is 11.7 Å². The van der Waals surface area contributed by atoms with Crippen molar-refractivity contribution in [2.45, 2.75) is 25.1 Å². The van der Waals surface area contributed by atoms with E-state index in [9.17, 15) is 18.0 Å². The number of nitrogens with zero attached hydrogens (tertiary/aromatic N) is 1. The minimum absolute atomic E-state index is 0.0168. The molecule has 2 rings (SSSR count). The average molecular weight is 287 g/mol. The number of halogens is 3. The highest BCUT2D eigenvalue weighted by Crippen LogP contribution is 2.32. The number of hydrogen-bond acceptors (Lipinski definition) is 2. The Kier molecular flexibility index (Phi) is 4.32. The van der Waals surface area contributed by atoms with E-state index in [0.29, 0.717) is 13.1 Å². The van der Waals surface area contributed by atoms with Crippen LogP contribution in [0.15, 0.2) is 24.3 Å². The minimum Gasteiger partial charge on any atom is -0.380 e. The van der Waals surface area contributed by atoms with E-state index in [2.05, 4.69) is 0 Å². The standard InChI is InChI=1S/C14H16F3NO2/c1-20-11-6-7-18(9-11)13(19)8-10-4-2-3-5-12(10)14(15,16)17/h2-5,11H,6-9H2,1H3. The van der Waals surface area contributed by atoms with Crippen LogP contribution >= 0.6 is 0 Å². The van der Waals surface area contributed by atoms with Gasteiger partial charge in [-0.1, -0.05) is 18.2 Å². The zero-order valence-electron chi connectivity index (χ0n) is 11.1. The molecule has 1 aromatic carbocycles. The van der Waals surface area contributed by atoms with Crippen LogP contribution in [0.4, 0.5) is 13.2 Å². The van der Waals surface area contributed by atoms with E-state index in [1.807, 2.05) is 0 Å². The van der Waals surface area contributed by atoms with Gasteiger partial charge in [-0.15, -0.1) is 0 Å². The van der Waals surface area contributed by atoms with Gasteiger partial charge in [-0.25, -0.2) is 0 Å². The van der Waals surface area contributed by atoms with Gasteiger partial charge in [0.05, 0.1) is 18.1 Å². The van der Waals surface area contributed by atoms with Crippen LogP contribution in [0.1, 0.15) is 17.5 Å². The van der Waals surface area contributed by atoms with Crippen molar-refractivity contribution < 1.29 is 22.7 Å². The van der Waals surface area contributed by atoms with Gasteiger partial charge in [0.25, 0.3) is 0 Å². The normalized spacial score (nSPS) is 19.4. The zero-order chi connectivity index (χ0) is 14.8. The number of carbonyl (C=O) groups is 1. The Labute approximate surface area is 115 Å². The van der Waals surface area contributed by atoms with Crippen molar-refractivity contribution >= 4 is 5.91 Å². The molecule has 6 heteroatoms. The first-order valence-corrected chi connectivity index (χ1v) is 6.37. The molecule has 1 amide bonds. The van der Waals surface area contributed by atoms with Crippen LogP contribution in [0, 0.1) is 0 Å². The summed E-state index contributed by atoms with van der Waals surface area (Å²) in [5.74, 6) is -0.291. The van der Waals surface area contributed by atoms with Gasteiger partial charge in [-0.3, -0.25) is 4.79 Å². The molecule has 1 heterocycles. The van der Waals surface area contributed by atoms with Crippen LogP contribution in [0.3, 0.4) is 0 Å². The van der Waals surface area contributed by atoms with Crippen molar-refractivity contribution in [3.8, 4) is 0 Å². The summed E-state index contributed by atoms with van der Waals surface area (Å²) in [6, 6.07) is 5.20. The van der Waals surface area contributed by atoms with Gasteiger partial charge in [-0.05, 0) is 18.1 Å². The largest absolute Gasteiger partial charge is 0.416 e. The van der Waals surface area contributed by atoms with Crippen molar-refractivity contribution in [3.05, 3.63) is 35.4 Å². The third-order valence-corrected chi connectivity index (χ3v) is 3.50. The lowest BCUT2D eigenvalue weighted by Crippen LogP contribution is -2.31. The van der Waals surface area contributed by atoms with Crippen LogP contribution < -0.4 is 0 Å². The van der Waals surface area contributed by atoms with Crippen LogP contribution in [0.5, 0.6) is 0 Å². The fraction of sp³-hybridized carbons (Fsp3) is 0.500. The van der Waals surface area contributed by atoms with Crippen molar-refractivity contribution in [3.63, 3.8) is 0 Å². The molecule has 0 radical (unpaired) electrons. The number of carbonyl (C=O) groups excluding carboxylic acids is 1. The molecule has 1 saturated heterocycles. The summed E-state index contributed by atoms with van der Waals surface area (Å²) in [5.41, 5.74) is -0.721. The molecule has 1 atom stereocenters. The smallest absolute Gasteiger partial charge is 0.380 e. The van der Waals surface area contributed by atoms with Gasteiger partial charge >= 0.3 is 6.18 Å². The fourth-order valence-corrected chi connectivity index (χ4v) is 2.37. The summed E-state index contributed by atoms with van der Waals surface area (Å²) in [4.78, 5) is 13.6. The third-order valence-electron chi connectivity index (χ3n) is 3.50. The van der Waals surface area contributed by atoms with Crippen LogP contribution in [0.2, 0.25) is 0 Å². The van der Waals surface area contributed by atoms with Crippen LogP contribution in [0.25, 0.3) is 0 Å². The molecular formula is C14H16F3NO2. The number of alkyl halides is 3. The highest BCUT2D eigenvalue weighted by atomic mass is 19.4. The molecule has 0 spiro atoms. The van der Waals surface area contributed by atoms with Gasteiger partial charge in [0.1, 0.15) is 0 Å². The SMILES string of the molecule is COC1CCN(C(=O)Cc2ccccc2C(F)(F)F)C1. The molecular weight excluding hydrogens is 271 g/mol. The minimum atomic E-state index is -4.43. The van der Waals surface area contributed by atoms with E-state index in [4.69, 9.17) is 4.74 Å². The van der Waals surface area contributed by atoms with Crippen molar-refractivity contribution in [1.82, 2.24) is 4.90 Å². The molecule has 0 aliphatic carbocycles. The van der Waals surface area contributed by atoms with E-state index in [-0.39, 0.29) is 24.0 Å². The lowest BCUT2D eigenvalue weighted by Gasteiger charge is -2.18. The summed E-state index contributed by atoms with van der Waals surface area (Å²) in [5, 5.41) is 0. The number of ether oxygens (including phenoxy) is 1. The first kappa shape index (κ1) is 14.8. The second-order valence-electron chi connectivity index (χ2n) is 4.82. The number of amides is 1. The first-order chi connectivity index (χ1) is 9.41. The molecule has 20 heavy (non-hydrogen) atoms. The summed E-state index contributed by atoms with van der Waals surface area (Å²) in [6.07, 6.45) is -3.96. The van der Waals surface area contributed by atoms with Crippen molar-refractivity contribution in [2.75, 3.05) is 20.2 Å². The fourth-order valence-electron chi connectivity index (χ4n) is 2.37. The summed E-state index contributed by atoms with van der Waals surface area (Å²) < 4.78 is 43.7. The maximum absolute atomic E-state index is 12.8. The second-order valence-corrected chi connectivity index (χ2v) is 4.82. The molecule has 0 N–H and O–H groups in total. The van der Waals surface area contributed by atoms with Gasteiger partial charge < -0.3 is 9.64 Å². The predicted octanol–water partition coefficient (Wildman–Crippen LogP) is 2.50. The van der Waals surface area contributed by atoms with E-state index in [1.165, 1.54) is 18.2 Å². The van der Waals surface area contributed by atoms with Crippen molar-refractivity contribution in [2.24, 2.45) is 0 Å². The molecule has 0 aromatic heterocycles. The van der Waals surface area contributed by atoms with Crippen LogP contribution in [-0.4, -0.2) is 37.1 Å². The van der Waals surface area contributed by atoms with Gasteiger partial charge in [0, 0.05) is 20.2 Å². The molecule has 0 bridgehead atoms. The number of rotatable bonds is 3. The molecule has 1 aromatic rings. The number of benzene rings is 1. The maximum Gasteiger partial charge on any atom is 0.416 e. The lowest BCUT2D eigenvalue weighted by molar-refractivity contribution is -0.138. The Bertz CT molecular complexity index is 488. The van der Waals surface area contributed by atoms with E-state index in [1.54, 1.807) is 12.0 Å². The lowest BCUT2D eigenvalue weighted by atomic mass is 10.0. The summed E-state index contributed by atoms with van der Waals surface area (Å²) in [6.45, 7) is 0.981. The summed E-state index contributed by atoms with van der Waals surface area (Å²) >= 11 is 0. The van der Waals surface area contributed by atoms with Crippen LogP contribution in [-0.2, 0) is 22.1 Å². The van der Waals surface area contributed by atoms with Gasteiger partial charge in [-0.2, -0.15) is 13.2 Å². The zero-order valence-corrected chi connectivity index (χ0v) is 11.1. The number of methoxy groups -OCH3 is 1. The monoisotopic (exact) mass is 287 g/mol. The second kappa shape index (κ2) is 5.83. The Morgan fingerprint density at radius 1 is 1.40 bits per heavy atom. The Hall–Kier alpha value is -1.56.